The molecule has 0 aliphatic heterocycles. The van der Waals surface area contributed by atoms with Crippen molar-refractivity contribution in [3.63, 3.8) is 0 Å². The van der Waals surface area contributed by atoms with E-state index in [1.165, 1.54) is 0 Å². The SMILES string of the molecule is CC=N/C(C)=C/C. The van der Waals surface area contributed by atoms with Gasteiger partial charge in [-0.1, -0.05) is 6.08 Å². The molecule has 0 fully saturated rings. The minimum Gasteiger partial charge on any atom is -0.267 e. The smallest absolute Gasteiger partial charge is 0.0326 e. The number of aliphatic imine (C=N–C) groups is 1. The molecule has 0 atom stereocenters. The second-order valence-electron chi connectivity index (χ2n) is 1.32. The Bertz CT molecular complexity index is 90.4. The summed E-state index contributed by atoms with van der Waals surface area (Å²) >= 11 is 0. The molecule has 40 valence electrons. The molecule has 1 nitrogen and oxygen atoms in total. The first-order chi connectivity index (χ1) is 3.31. The third kappa shape index (κ3) is 3.23. The van der Waals surface area contributed by atoms with E-state index in [1.807, 2.05) is 26.8 Å². The standard InChI is InChI=1S/C6H11N/c1-4-6(3)7-5-2/h4-5H,1-3H3/b6-4+,7-5?. The van der Waals surface area contributed by atoms with E-state index < -0.39 is 0 Å². The van der Waals surface area contributed by atoms with E-state index in [-0.39, 0.29) is 0 Å². The van der Waals surface area contributed by atoms with Gasteiger partial charge in [0.25, 0.3) is 0 Å². The highest BCUT2D eigenvalue weighted by Crippen LogP contribution is 1.89. The molecule has 7 heavy (non-hydrogen) atoms. The van der Waals surface area contributed by atoms with Crippen molar-refractivity contribution >= 4 is 6.21 Å². The maximum atomic E-state index is 3.98. The van der Waals surface area contributed by atoms with E-state index in [2.05, 4.69) is 4.99 Å². The maximum absolute atomic E-state index is 3.98. The zero-order valence-electron chi connectivity index (χ0n) is 5.10. The summed E-state index contributed by atoms with van der Waals surface area (Å²) < 4.78 is 0. The molecule has 0 spiro atoms. The summed E-state index contributed by atoms with van der Waals surface area (Å²) in [5, 5.41) is 0. The molecule has 0 rings (SSSR count). The highest BCUT2D eigenvalue weighted by Gasteiger charge is 1.70. The lowest BCUT2D eigenvalue weighted by molar-refractivity contribution is 1.29. The Labute approximate surface area is 44.8 Å². The topological polar surface area (TPSA) is 12.4 Å². The van der Waals surface area contributed by atoms with E-state index in [1.54, 1.807) is 6.21 Å². The Kier molecular flexibility index (Phi) is 3.29. The lowest BCUT2D eigenvalue weighted by Crippen LogP contribution is -1.64. The fraction of sp³-hybridized carbons (Fsp3) is 0.500. The molecular formula is C6H11N. The highest BCUT2D eigenvalue weighted by molar-refractivity contribution is 5.54. The Morgan fingerprint density at radius 3 is 2.14 bits per heavy atom. The van der Waals surface area contributed by atoms with E-state index >= 15 is 0 Å². The van der Waals surface area contributed by atoms with Gasteiger partial charge < -0.3 is 0 Å². The summed E-state index contributed by atoms with van der Waals surface area (Å²) in [5.74, 6) is 0. The summed E-state index contributed by atoms with van der Waals surface area (Å²) in [5.41, 5.74) is 1.07. The molecule has 0 heterocycles. The van der Waals surface area contributed by atoms with Crippen LogP contribution in [0.25, 0.3) is 0 Å². The van der Waals surface area contributed by atoms with Gasteiger partial charge in [-0.15, -0.1) is 0 Å². The maximum Gasteiger partial charge on any atom is 0.0326 e. The van der Waals surface area contributed by atoms with Crippen molar-refractivity contribution in [2.45, 2.75) is 20.8 Å². The van der Waals surface area contributed by atoms with Crippen LogP contribution in [0.3, 0.4) is 0 Å². The van der Waals surface area contributed by atoms with Crippen LogP contribution in [0.4, 0.5) is 0 Å². The molecule has 0 aliphatic rings. The molecule has 0 aromatic carbocycles. The van der Waals surface area contributed by atoms with Crippen LogP contribution in [0.15, 0.2) is 16.8 Å². The minimum absolute atomic E-state index is 1.07. The fourth-order valence-corrected chi connectivity index (χ4v) is 0.278. The van der Waals surface area contributed by atoms with Gasteiger partial charge in [0.15, 0.2) is 0 Å². The van der Waals surface area contributed by atoms with Gasteiger partial charge in [0, 0.05) is 11.9 Å². The summed E-state index contributed by atoms with van der Waals surface area (Å²) in [4.78, 5) is 3.98. The summed E-state index contributed by atoms with van der Waals surface area (Å²) in [6.07, 6.45) is 3.76. The predicted molar refractivity (Wildman–Crippen MR) is 33.6 cm³/mol. The van der Waals surface area contributed by atoms with Crippen LogP contribution in [-0.4, -0.2) is 6.21 Å². The zero-order valence-corrected chi connectivity index (χ0v) is 5.10. The zero-order chi connectivity index (χ0) is 5.70. The summed E-state index contributed by atoms with van der Waals surface area (Å²) in [6, 6.07) is 0. The van der Waals surface area contributed by atoms with Crippen LogP contribution in [0, 0.1) is 0 Å². The Morgan fingerprint density at radius 2 is 2.00 bits per heavy atom. The summed E-state index contributed by atoms with van der Waals surface area (Å²) in [7, 11) is 0. The Balaban J connectivity index is 3.58. The Hall–Kier alpha value is -0.590. The van der Waals surface area contributed by atoms with Gasteiger partial charge in [0.2, 0.25) is 0 Å². The number of hydrogen-bond acceptors (Lipinski definition) is 1. The predicted octanol–water partition coefficient (Wildman–Crippen LogP) is 2.00. The molecule has 0 N–H and O–H groups in total. The lowest BCUT2D eigenvalue weighted by atomic mass is 10.5. The van der Waals surface area contributed by atoms with Crippen molar-refractivity contribution in [2.75, 3.05) is 0 Å². The van der Waals surface area contributed by atoms with E-state index in [4.69, 9.17) is 0 Å². The van der Waals surface area contributed by atoms with Gasteiger partial charge in [-0.05, 0) is 20.8 Å². The fourth-order valence-electron chi connectivity index (χ4n) is 0.278. The van der Waals surface area contributed by atoms with Crippen LogP contribution in [0.1, 0.15) is 20.8 Å². The molecule has 0 aliphatic carbocycles. The molecule has 1 heteroatoms. The van der Waals surface area contributed by atoms with Gasteiger partial charge in [0.1, 0.15) is 0 Å². The van der Waals surface area contributed by atoms with Crippen LogP contribution < -0.4 is 0 Å². The van der Waals surface area contributed by atoms with Gasteiger partial charge in [-0.25, -0.2) is 0 Å². The third-order valence-corrected chi connectivity index (χ3v) is 0.751. The molecular weight excluding hydrogens is 86.1 g/mol. The molecule has 0 amide bonds. The molecule has 0 unspecified atom stereocenters. The van der Waals surface area contributed by atoms with Crippen LogP contribution in [0.5, 0.6) is 0 Å². The van der Waals surface area contributed by atoms with Gasteiger partial charge in [-0.3, -0.25) is 4.99 Å². The number of nitrogens with zero attached hydrogens (tertiary/aromatic N) is 1. The molecule has 0 bridgehead atoms. The van der Waals surface area contributed by atoms with Crippen LogP contribution in [0.2, 0.25) is 0 Å². The first kappa shape index (κ1) is 6.41. The van der Waals surface area contributed by atoms with Gasteiger partial charge in [0.05, 0.1) is 0 Å². The first-order valence-electron chi connectivity index (χ1n) is 2.43. The van der Waals surface area contributed by atoms with Crippen LogP contribution in [-0.2, 0) is 0 Å². The monoisotopic (exact) mass is 97.1 g/mol. The van der Waals surface area contributed by atoms with Crippen molar-refractivity contribution in [2.24, 2.45) is 4.99 Å². The summed E-state index contributed by atoms with van der Waals surface area (Å²) in [6.45, 7) is 5.86. The van der Waals surface area contributed by atoms with Gasteiger partial charge >= 0.3 is 0 Å². The Morgan fingerprint density at radius 1 is 1.43 bits per heavy atom. The largest absolute Gasteiger partial charge is 0.267 e. The molecule has 0 saturated carbocycles. The normalized spacial score (nSPS) is 13.3. The molecule has 0 aromatic heterocycles. The highest BCUT2D eigenvalue weighted by atomic mass is 14.7. The van der Waals surface area contributed by atoms with Crippen molar-refractivity contribution < 1.29 is 0 Å². The minimum atomic E-state index is 1.07. The van der Waals surface area contributed by atoms with E-state index in [0.717, 1.165) is 5.70 Å². The molecule has 0 radical (unpaired) electrons. The van der Waals surface area contributed by atoms with Crippen molar-refractivity contribution in [3.8, 4) is 0 Å². The molecule has 0 aromatic rings. The average molecular weight is 97.2 g/mol. The van der Waals surface area contributed by atoms with E-state index in [0.29, 0.717) is 0 Å². The molecule has 0 saturated heterocycles. The number of rotatable bonds is 1. The van der Waals surface area contributed by atoms with Gasteiger partial charge in [-0.2, -0.15) is 0 Å². The second-order valence-corrected chi connectivity index (χ2v) is 1.32. The van der Waals surface area contributed by atoms with Crippen molar-refractivity contribution in [3.05, 3.63) is 11.8 Å². The lowest BCUT2D eigenvalue weighted by Gasteiger charge is -1.81. The second kappa shape index (κ2) is 3.59. The van der Waals surface area contributed by atoms with Crippen molar-refractivity contribution in [1.82, 2.24) is 0 Å². The quantitative estimate of drug-likeness (QED) is 0.444. The first-order valence-corrected chi connectivity index (χ1v) is 2.43. The third-order valence-electron chi connectivity index (χ3n) is 0.751. The van der Waals surface area contributed by atoms with Crippen molar-refractivity contribution in [1.29, 1.82) is 0 Å². The number of hydrogen-bond donors (Lipinski definition) is 0. The number of allylic oxidation sites excluding steroid dienone is 2. The average Bonchev–Trinajstić information content (AvgIpc) is 1.68. The van der Waals surface area contributed by atoms with E-state index in [9.17, 15) is 0 Å². The van der Waals surface area contributed by atoms with Crippen LogP contribution >= 0.6 is 0 Å².